The van der Waals surface area contributed by atoms with Crippen molar-refractivity contribution in [3.8, 4) is 56.4 Å². The van der Waals surface area contributed by atoms with E-state index in [0.29, 0.717) is 17.5 Å². The third kappa shape index (κ3) is 4.94. The first-order valence-corrected chi connectivity index (χ1v) is 17.0. The second-order valence-corrected chi connectivity index (χ2v) is 12.9. The third-order valence-electron chi connectivity index (χ3n) is 9.87. The topological polar surface area (TPSA) is 38.7 Å². The SMILES string of the molecule is Cc1cccc(C2(c3cccc(-c4nc(-c5ccccc5)nc(-c5ccc(-c6ccccc6)cc5)n4)c3)c3ccccc3-c3ccccc32)c1. The van der Waals surface area contributed by atoms with Crippen molar-refractivity contribution in [3.05, 3.63) is 210 Å². The molecule has 0 N–H and O–H groups in total. The Morgan fingerprint density at radius 2 is 0.760 bits per heavy atom. The van der Waals surface area contributed by atoms with E-state index in [4.69, 9.17) is 15.0 Å². The van der Waals surface area contributed by atoms with Gasteiger partial charge in [-0.05, 0) is 57.5 Å². The van der Waals surface area contributed by atoms with Crippen molar-refractivity contribution in [2.75, 3.05) is 0 Å². The van der Waals surface area contributed by atoms with Gasteiger partial charge in [-0.25, -0.2) is 15.0 Å². The summed E-state index contributed by atoms with van der Waals surface area (Å²) in [5, 5.41) is 0. The zero-order valence-corrected chi connectivity index (χ0v) is 27.7. The molecule has 7 aromatic carbocycles. The molecule has 0 fully saturated rings. The van der Waals surface area contributed by atoms with Crippen molar-refractivity contribution < 1.29 is 0 Å². The molecule has 1 aromatic heterocycles. The Morgan fingerprint density at radius 1 is 0.340 bits per heavy atom. The van der Waals surface area contributed by atoms with Gasteiger partial charge < -0.3 is 0 Å². The summed E-state index contributed by atoms with van der Waals surface area (Å²) < 4.78 is 0. The minimum atomic E-state index is -0.513. The Labute approximate surface area is 292 Å². The van der Waals surface area contributed by atoms with Crippen LogP contribution < -0.4 is 0 Å². The number of aryl methyl sites for hydroxylation is 1. The number of nitrogens with zero attached hydrogens (tertiary/aromatic N) is 3. The summed E-state index contributed by atoms with van der Waals surface area (Å²) >= 11 is 0. The van der Waals surface area contributed by atoms with Gasteiger partial charge in [0, 0.05) is 16.7 Å². The first-order valence-electron chi connectivity index (χ1n) is 17.0. The van der Waals surface area contributed by atoms with E-state index in [0.717, 1.165) is 22.3 Å². The van der Waals surface area contributed by atoms with Gasteiger partial charge in [0.25, 0.3) is 0 Å². The molecule has 236 valence electrons. The first kappa shape index (κ1) is 29.7. The molecule has 0 bridgehead atoms. The van der Waals surface area contributed by atoms with Gasteiger partial charge in [0.1, 0.15) is 0 Å². The Balaban J connectivity index is 1.24. The van der Waals surface area contributed by atoms with Crippen LogP contribution in [0.1, 0.15) is 27.8 Å². The van der Waals surface area contributed by atoms with Crippen molar-refractivity contribution in [2.45, 2.75) is 12.3 Å². The maximum absolute atomic E-state index is 5.15. The van der Waals surface area contributed by atoms with Gasteiger partial charge in [0.2, 0.25) is 0 Å². The van der Waals surface area contributed by atoms with Crippen LogP contribution in [0.5, 0.6) is 0 Å². The molecule has 0 unspecified atom stereocenters. The molecule has 0 atom stereocenters. The van der Waals surface area contributed by atoms with E-state index in [1.54, 1.807) is 0 Å². The van der Waals surface area contributed by atoms with E-state index in [9.17, 15) is 0 Å². The molecule has 0 saturated carbocycles. The highest BCUT2D eigenvalue weighted by Gasteiger charge is 2.46. The smallest absolute Gasteiger partial charge is 0.164 e. The summed E-state index contributed by atoms with van der Waals surface area (Å²) in [6.07, 6.45) is 0. The summed E-state index contributed by atoms with van der Waals surface area (Å²) in [5.74, 6) is 1.93. The van der Waals surface area contributed by atoms with Crippen LogP contribution in [0, 0.1) is 6.92 Å². The molecule has 8 aromatic rings. The van der Waals surface area contributed by atoms with E-state index >= 15 is 0 Å². The molecular formula is C47H33N3. The average molecular weight is 640 g/mol. The van der Waals surface area contributed by atoms with Crippen LogP contribution in [-0.4, -0.2) is 15.0 Å². The predicted octanol–water partition coefficient (Wildman–Crippen LogP) is 11.2. The first-order chi connectivity index (χ1) is 24.7. The lowest BCUT2D eigenvalue weighted by Gasteiger charge is -2.34. The largest absolute Gasteiger partial charge is 0.208 e. The van der Waals surface area contributed by atoms with Gasteiger partial charge >= 0.3 is 0 Å². The molecule has 3 heteroatoms. The molecule has 0 spiro atoms. The molecule has 50 heavy (non-hydrogen) atoms. The fourth-order valence-electron chi connectivity index (χ4n) is 7.59. The minimum Gasteiger partial charge on any atom is -0.208 e. The molecule has 3 nitrogen and oxygen atoms in total. The Kier molecular flexibility index (Phi) is 7.25. The van der Waals surface area contributed by atoms with Crippen molar-refractivity contribution in [1.29, 1.82) is 0 Å². The Hall–Kier alpha value is -6.45. The maximum Gasteiger partial charge on any atom is 0.164 e. The number of benzene rings is 7. The monoisotopic (exact) mass is 639 g/mol. The standard InChI is InChI=1S/C47H33N3/c1-32-14-12-20-38(30-32)47(42-24-10-8-22-40(42)41-23-9-11-25-43(41)47)39-21-13-19-37(31-39)46-49-44(35-17-6-3-7-18-35)48-45(50-46)36-28-26-34(27-29-36)33-15-4-2-5-16-33/h2-31H,1H3. The van der Waals surface area contributed by atoms with Crippen LogP contribution in [0.25, 0.3) is 56.4 Å². The molecule has 9 rings (SSSR count). The number of aromatic nitrogens is 3. The van der Waals surface area contributed by atoms with Crippen LogP contribution >= 0.6 is 0 Å². The highest BCUT2D eigenvalue weighted by molar-refractivity contribution is 5.86. The summed E-state index contributed by atoms with van der Waals surface area (Å²) in [5.41, 5.74) is 13.4. The van der Waals surface area contributed by atoms with Crippen molar-refractivity contribution in [3.63, 3.8) is 0 Å². The highest BCUT2D eigenvalue weighted by atomic mass is 15.0. The molecule has 1 heterocycles. The Bertz CT molecular complexity index is 2440. The van der Waals surface area contributed by atoms with Gasteiger partial charge in [0.15, 0.2) is 17.5 Å². The predicted molar refractivity (Wildman–Crippen MR) is 204 cm³/mol. The van der Waals surface area contributed by atoms with Crippen LogP contribution in [0.2, 0.25) is 0 Å². The molecule has 0 amide bonds. The number of fused-ring (bicyclic) bond motifs is 3. The van der Waals surface area contributed by atoms with E-state index in [2.05, 4.69) is 165 Å². The molecule has 1 aliphatic rings. The summed E-state index contributed by atoms with van der Waals surface area (Å²) in [6.45, 7) is 2.17. The second-order valence-electron chi connectivity index (χ2n) is 12.9. The zero-order valence-electron chi connectivity index (χ0n) is 27.7. The minimum absolute atomic E-state index is 0.513. The number of hydrogen-bond donors (Lipinski definition) is 0. The molecular weight excluding hydrogens is 607 g/mol. The Morgan fingerprint density at radius 3 is 1.36 bits per heavy atom. The molecule has 0 aliphatic heterocycles. The van der Waals surface area contributed by atoms with E-state index in [1.165, 1.54) is 44.5 Å². The molecule has 0 saturated heterocycles. The number of rotatable bonds is 6. The van der Waals surface area contributed by atoms with Crippen molar-refractivity contribution in [2.24, 2.45) is 0 Å². The van der Waals surface area contributed by atoms with Crippen LogP contribution in [0.15, 0.2) is 182 Å². The second kappa shape index (κ2) is 12.2. The molecule has 0 radical (unpaired) electrons. The highest BCUT2D eigenvalue weighted by Crippen LogP contribution is 2.56. The third-order valence-corrected chi connectivity index (χ3v) is 9.87. The summed E-state index contributed by atoms with van der Waals surface area (Å²) in [7, 11) is 0. The quantitative estimate of drug-likeness (QED) is 0.182. The van der Waals surface area contributed by atoms with Crippen molar-refractivity contribution in [1.82, 2.24) is 15.0 Å². The van der Waals surface area contributed by atoms with Gasteiger partial charge in [-0.2, -0.15) is 0 Å². The lowest BCUT2D eigenvalue weighted by atomic mass is 9.67. The van der Waals surface area contributed by atoms with Crippen LogP contribution in [-0.2, 0) is 5.41 Å². The van der Waals surface area contributed by atoms with E-state index in [-0.39, 0.29) is 0 Å². The summed E-state index contributed by atoms with van der Waals surface area (Å²) in [6, 6.07) is 64.5. The van der Waals surface area contributed by atoms with Crippen LogP contribution in [0.3, 0.4) is 0 Å². The lowest BCUT2D eigenvalue weighted by Crippen LogP contribution is -2.28. The normalized spacial score (nSPS) is 12.7. The van der Waals surface area contributed by atoms with E-state index in [1.807, 2.05) is 24.3 Å². The van der Waals surface area contributed by atoms with Gasteiger partial charge in [-0.3, -0.25) is 0 Å². The fourth-order valence-corrected chi connectivity index (χ4v) is 7.59. The molecule has 1 aliphatic carbocycles. The zero-order chi connectivity index (χ0) is 33.5. The maximum atomic E-state index is 5.15. The van der Waals surface area contributed by atoms with Gasteiger partial charge in [-0.1, -0.05) is 181 Å². The van der Waals surface area contributed by atoms with E-state index < -0.39 is 5.41 Å². The lowest BCUT2D eigenvalue weighted by molar-refractivity contribution is 0.767. The van der Waals surface area contributed by atoms with Gasteiger partial charge in [0.05, 0.1) is 5.41 Å². The van der Waals surface area contributed by atoms with Crippen LogP contribution in [0.4, 0.5) is 0 Å². The van der Waals surface area contributed by atoms with Gasteiger partial charge in [-0.15, -0.1) is 0 Å². The van der Waals surface area contributed by atoms with Crippen molar-refractivity contribution >= 4 is 0 Å². The summed E-state index contributed by atoms with van der Waals surface area (Å²) in [4.78, 5) is 15.3. The number of hydrogen-bond acceptors (Lipinski definition) is 3. The fraction of sp³-hybridized carbons (Fsp3) is 0.0426. The average Bonchev–Trinajstić information content (AvgIpc) is 3.50.